The normalized spacial score (nSPS) is 17.1. The van der Waals surface area contributed by atoms with Crippen molar-refractivity contribution in [1.29, 1.82) is 0 Å². The van der Waals surface area contributed by atoms with Crippen molar-refractivity contribution >= 4 is 17.5 Å². The van der Waals surface area contributed by atoms with E-state index in [4.69, 9.17) is 14.2 Å². The Morgan fingerprint density at radius 1 is 0.912 bits per heavy atom. The maximum atomic E-state index is 14.9. The number of anilines is 1. The van der Waals surface area contributed by atoms with Crippen LogP contribution in [-0.4, -0.2) is 45.1 Å². The molecule has 7 nitrogen and oxygen atoms in total. The second-order valence-electron chi connectivity index (χ2n) is 7.88. The quantitative estimate of drug-likeness (QED) is 0.585. The maximum Gasteiger partial charge on any atom is 0.254 e. The number of fused-ring (bicyclic) bond motifs is 1. The van der Waals surface area contributed by atoms with Gasteiger partial charge in [-0.3, -0.25) is 9.59 Å². The van der Waals surface area contributed by atoms with Crippen molar-refractivity contribution in [2.75, 3.05) is 33.7 Å². The van der Waals surface area contributed by atoms with Crippen LogP contribution in [0.15, 0.2) is 60.7 Å². The predicted molar refractivity (Wildman–Crippen MR) is 125 cm³/mol. The number of rotatable bonds is 6. The number of carbonyl (C=O) groups excluding carboxylic acids is 2. The first-order chi connectivity index (χ1) is 16.4. The number of ether oxygens (including phenoxy) is 3. The molecule has 2 unspecified atom stereocenters. The van der Waals surface area contributed by atoms with Gasteiger partial charge < -0.3 is 24.4 Å². The lowest BCUT2D eigenvalue weighted by molar-refractivity contribution is -0.119. The zero-order valence-corrected chi connectivity index (χ0v) is 19.3. The first kappa shape index (κ1) is 23.1. The molecule has 176 valence electrons. The van der Waals surface area contributed by atoms with Crippen molar-refractivity contribution in [3.05, 3.63) is 83.2 Å². The van der Waals surface area contributed by atoms with Crippen LogP contribution in [0.2, 0.25) is 0 Å². The van der Waals surface area contributed by atoms with Crippen LogP contribution < -0.4 is 19.5 Å². The minimum absolute atomic E-state index is 0.240. The zero-order chi connectivity index (χ0) is 24.4. The van der Waals surface area contributed by atoms with Gasteiger partial charge in [-0.1, -0.05) is 24.3 Å². The zero-order valence-electron chi connectivity index (χ0n) is 19.3. The molecule has 1 aliphatic heterocycles. The second-order valence-corrected chi connectivity index (χ2v) is 7.88. The van der Waals surface area contributed by atoms with Gasteiger partial charge in [0.05, 0.1) is 33.3 Å². The van der Waals surface area contributed by atoms with Gasteiger partial charge >= 0.3 is 0 Å². The molecule has 0 aromatic heterocycles. The Balaban J connectivity index is 1.89. The molecule has 2 atom stereocenters. The molecule has 0 saturated carbocycles. The standard InChI is InChI=1S/C26H25FN2O5/c1-29-24(17-10-5-6-11-20(17)27)23(25(30)28-15-8-7-9-16(12-15)32-2)18-13-21(33-3)22(34-4)14-19(18)26(29)31/h5-14,23-24H,1-4H3,(H,28,30). The van der Waals surface area contributed by atoms with Crippen molar-refractivity contribution in [2.45, 2.75) is 12.0 Å². The van der Waals surface area contributed by atoms with Crippen molar-refractivity contribution in [3.8, 4) is 17.2 Å². The third kappa shape index (κ3) is 4.03. The van der Waals surface area contributed by atoms with E-state index in [9.17, 15) is 14.0 Å². The van der Waals surface area contributed by atoms with Gasteiger partial charge in [0.25, 0.3) is 5.91 Å². The summed E-state index contributed by atoms with van der Waals surface area (Å²) in [5, 5.41) is 2.90. The van der Waals surface area contributed by atoms with E-state index >= 15 is 0 Å². The lowest BCUT2D eigenvalue weighted by atomic mass is 9.79. The molecule has 3 aromatic rings. The van der Waals surface area contributed by atoms with Gasteiger partial charge in [-0.2, -0.15) is 0 Å². The summed E-state index contributed by atoms with van der Waals surface area (Å²) in [7, 11) is 6.04. The number of hydrogen-bond acceptors (Lipinski definition) is 5. The molecule has 0 spiro atoms. The molecule has 0 bridgehead atoms. The van der Waals surface area contributed by atoms with Crippen molar-refractivity contribution in [1.82, 2.24) is 4.90 Å². The topological polar surface area (TPSA) is 77.1 Å². The number of nitrogens with zero attached hydrogens (tertiary/aromatic N) is 1. The average molecular weight is 464 g/mol. The van der Waals surface area contributed by atoms with Crippen molar-refractivity contribution < 1.29 is 28.2 Å². The monoisotopic (exact) mass is 464 g/mol. The summed E-state index contributed by atoms with van der Waals surface area (Å²) in [6.45, 7) is 0. The lowest BCUT2D eigenvalue weighted by Crippen LogP contribution is -2.44. The van der Waals surface area contributed by atoms with Gasteiger partial charge in [0.15, 0.2) is 11.5 Å². The molecular weight excluding hydrogens is 439 g/mol. The van der Waals surface area contributed by atoms with E-state index in [2.05, 4.69) is 5.32 Å². The fourth-order valence-corrected chi connectivity index (χ4v) is 4.36. The van der Waals surface area contributed by atoms with Crippen LogP contribution >= 0.6 is 0 Å². The third-order valence-electron chi connectivity index (χ3n) is 6.02. The van der Waals surface area contributed by atoms with E-state index in [0.717, 1.165) is 0 Å². The average Bonchev–Trinajstić information content (AvgIpc) is 2.85. The number of amides is 2. The first-order valence-corrected chi connectivity index (χ1v) is 10.6. The summed E-state index contributed by atoms with van der Waals surface area (Å²) in [5.41, 5.74) is 1.47. The van der Waals surface area contributed by atoms with Crippen LogP contribution in [-0.2, 0) is 4.79 Å². The van der Waals surface area contributed by atoms with Gasteiger partial charge in [-0.15, -0.1) is 0 Å². The first-order valence-electron chi connectivity index (χ1n) is 10.6. The number of nitrogens with one attached hydrogen (secondary N) is 1. The fourth-order valence-electron chi connectivity index (χ4n) is 4.36. The highest BCUT2D eigenvalue weighted by Gasteiger charge is 2.44. The van der Waals surface area contributed by atoms with E-state index < -0.39 is 23.7 Å². The van der Waals surface area contributed by atoms with Crippen LogP contribution in [0.25, 0.3) is 0 Å². The lowest BCUT2D eigenvalue weighted by Gasteiger charge is -2.40. The number of carbonyl (C=O) groups is 2. The van der Waals surface area contributed by atoms with E-state index in [0.29, 0.717) is 34.1 Å². The van der Waals surface area contributed by atoms with Crippen LogP contribution in [0.1, 0.15) is 33.4 Å². The number of halogens is 1. The minimum Gasteiger partial charge on any atom is -0.497 e. The summed E-state index contributed by atoms with van der Waals surface area (Å²) >= 11 is 0. The number of benzene rings is 3. The fraction of sp³-hybridized carbons (Fsp3) is 0.231. The molecule has 1 heterocycles. The number of hydrogen-bond donors (Lipinski definition) is 1. The van der Waals surface area contributed by atoms with Crippen LogP contribution in [0.5, 0.6) is 17.2 Å². The summed E-state index contributed by atoms with van der Waals surface area (Å²) in [6, 6.07) is 15.3. The van der Waals surface area contributed by atoms with Crippen LogP contribution in [0.4, 0.5) is 10.1 Å². The SMILES string of the molecule is COc1cccc(NC(=O)C2c3cc(OC)c(OC)cc3C(=O)N(C)C2c2ccccc2F)c1. The molecule has 0 saturated heterocycles. The maximum absolute atomic E-state index is 14.9. The molecule has 0 aliphatic carbocycles. The number of methoxy groups -OCH3 is 3. The molecule has 8 heteroatoms. The Morgan fingerprint density at radius 3 is 2.29 bits per heavy atom. The Labute approximate surface area is 197 Å². The Kier molecular flexibility index (Phi) is 6.40. The number of likely N-dealkylation sites (N-methyl/N-ethyl adjacent to an activating group) is 1. The molecule has 34 heavy (non-hydrogen) atoms. The third-order valence-corrected chi connectivity index (χ3v) is 6.02. The highest BCUT2D eigenvalue weighted by atomic mass is 19.1. The molecular formula is C26H25FN2O5. The Morgan fingerprint density at radius 2 is 1.62 bits per heavy atom. The van der Waals surface area contributed by atoms with E-state index in [-0.39, 0.29) is 11.5 Å². The van der Waals surface area contributed by atoms with Gasteiger partial charge in [0, 0.05) is 29.9 Å². The van der Waals surface area contributed by atoms with Crippen LogP contribution in [0.3, 0.4) is 0 Å². The van der Waals surface area contributed by atoms with Crippen molar-refractivity contribution in [2.24, 2.45) is 0 Å². The molecule has 4 rings (SSSR count). The smallest absolute Gasteiger partial charge is 0.254 e. The molecule has 0 fully saturated rings. The Hall–Kier alpha value is -4.07. The molecule has 2 amide bonds. The van der Waals surface area contributed by atoms with Gasteiger partial charge in [0.2, 0.25) is 5.91 Å². The summed E-state index contributed by atoms with van der Waals surface area (Å²) < 4.78 is 31.0. The van der Waals surface area contributed by atoms with Crippen molar-refractivity contribution in [3.63, 3.8) is 0 Å². The predicted octanol–water partition coefficient (Wildman–Crippen LogP) is 4.40. The summed E-state index contributed by atoms with van der Waals surface area (Å²) in [6.07, 6.45) is 0. The Bertz CT molecular complexity index is 1250. The van der Waals surface area contributed by atoms with E-state index in [1.54, 1.807) is 61.6 Å². The highest BCUT2D eigenvalue weighted by molar-refractivity contribution is 6.05. The van der Waals surface area contributed by atoms with E-state index in [1.807, 2.05) is 0 Å². The van der Waals surface area contributed by atoms with E-state index in [1.165, 1.54) is 32.3 Å². The molecule has 1 aliphatic rings. The highest BCUT2D eigenvalue weighted by Crippen LogP contribution is 2.46. The van der Waals surface area contributed by atoms with Gasteiger partial charge in [-0.25, -0.2) is 4.39 Å². The molecule has 1 N–H and O–H groups in total. The molecule has 0 radical (unpaired) electrons. The summed E-state index contributed by atoms with van der Waals surface area (Å²) in [4.78, 5) is 28.5. The molecule has 3 aromatic carbocycles. The summed E-state index contributed by atoms with van der Waals surface area (Å²) in [5.74, 6) is -0.893. The van der Waals surface area contributed by atoms with Gasteiger partial charge in [0.1, 0.15) is 11.6 Å². The minimum atomic E-state index is -0.930. The van der Waals surface area contributed by atoms with Crippen LogP contribution in [0, 0.1) is 5.82 Å². The second kappa shape index (κ2) is 9.43. The van der Waals surface area contributed by atoms with Gasteiger partial charge in [-0.05, 0) is 35.9 Å². The largest absolute Gasteiger partial charge is 0.497 e.